The van der Waals surface area contributed by atoms with Crippen LogP contribution in [0.2, 0.25) is 0 Å². The van der Waals surface area contributed by atoms with Crippen LogP contribution in [0.25, 0.3) is 0 Å². The molecule has 2 aliphatic heterocycles. The molecule has 0 spiro atoms. The minimum absolute atomic E-state index is 0.0923. The van der Waals surface area contributed by atoms with Crippen molar-refractivity contribution in [2.75, 3.05) is 18.1 Å². The Kier molecular flexibility index (Phi) is 4.64. The number of sulfone groups is 2. The Hall–Kier alpha value is -1.70. The fourth-order valence-electron chi connectivity index (χ4n) is 4.14. The third kappa shape index (κ3) is 3.56. The van der Waals surface area contributed by atoms with E-state index in [9.17, 15) is 16.8 Å². The third-order valence-electron chi connectivity index (χ3n) is 5.65. The zero-order valence-electron chi connectivity index (χ0n) is 15.2. The van der Waals surface area contributed by atoms with Gasteiger partial charge < -0.3 is 0 Å². The van der Waals surface area contributed by atoms with Crippen molar-refractivity contribution in [3.63, 3.8) is 0 Å². The lowest BCUT2D eigenvalue weighted by Crippen LogP contribution is -2.48. The molecule has 144 valence electrons. The highest BCUT2D eigenvalue weighted by molar-refractivity contribution is 7.96. The average molecular weight is 406 g/mol. The van der Waals surface area contributed by atoms with Crippen LogP contribution in [0.3, 0.4) is 0 Å². The van der Waals surface area contributed by atoms with Crippen molar-refractivity contribution in [3.05, 3.63) is 65.2 Å². The van der Waals surface area contributed by atoms with Gasteiger partial charge in [-0.15, -0.1) is 0 Å². The van der Waals surface area contributed by atoms with Gasteiger partial charge in [0.2, 0.25) is 0 Å². The minimum atomic E-state index is -3.72. The lowest BCUT2D eigenvalue weighted by Gasteiger charge is -2.35. The number of nitrogens with zero attached hydrogens (tertiary/aromatic N) is 1. The predicted molar refractivity (Wildman–Crippen MR) is 105 cm³/mol. The van der Waals surface area contributed by atoms with Crippen LogP contribution < -0.4 is 0 Å². The van der Waals surface area contributed by atoms with Crippen molar-refractivity contribution in [1.29, 1.82) is 0 Å². The smallest absolute Gasteiger partial charge is 0.183 e. The summed E-state index contributed by atoms with van der Waals surface area (Å²) in [5, 5.41) is -0.921. The SMILES string of the molecule is Cc1ccc(S(=O)(=O)C2CS(=O)(=O)CC2N2CCc3ccccc3C2)cc1. The van der Waals surface area contributed by atoms with Gasteiger partial charge in [0.15, 0.2) is 19.7 Å². The molecule has 1 fully saturated rings. The fraction of sp³-hybridized carbons (Fsp3) is 0.400. The van der Waals surface area contributed by atoms with Crippen molar-refractivity contribution in [1.82, 2.24) is 4.90 Å². The molecule has 0 N–H and O–H groups in total. The maximum Gasteiger partial charge on any atom is 0.183 e. The summed E-state index contributed by atoms with van der Waals surface area (Å²) in [4.78, 5) is 2.25. The molecule has 2 aromatic carbocycles. The highest BCUT2D eigenvalue weighted by Gasteiger charge is 2.48. The van der Waals surface area contributed by atoms with Gasteiger partial charge in [0.1, 0.15) is 0 Å². The van der Waals surface area contributed by atoms with E-state index in [1.807, 2.05) is 30.0 Å². The van der Waals surface area contributed by atoms with Crippen LogP contribution in [0.1, 0.15) is 16.7 Å². The first kappa shape index (κ1) is 18.7. The second-order valence-electron chi connectivity index (χ2n) is 7.53. The summed E-state index contributed by atoms with van der Waals surface area (Å²) in [5.74, 6) is -0.392. The van der Waals surface area contributed by atoms with Crippen molar-refractivity contribution < 1.29 is 16.8 Å². The van der Waals surface area contributed by atoms with E-state index in [2.05, 4.69) is 6.07 Å². The van der Waals surface area contributed by atoms with E-state index in [-0.39, 0.29) is 16.4 Å². The van der Waals surface area contributed by atoms with Gasteiger partial charge in [0, 0.05) is 19.1 Å². The maximum absolute atomic E-state index is 13.2. The quantitative estimate of drug-likeness (QED) is 0.781. The summed E-state index contributed by atoms with van der Waals surface area (Å²) < 4.78 is 51.2. The zero-order chi connectivity index (χ0) is 19.2. The van der Waals surface area contributed by atoms with Gasteiger partial charge >= 0.3 is 0 Å². The molecule has 27 heavy (non-hydrogen) atoms. The molecule has 0 aromatic heterocycles. The molecular formula is C20H23NO4S2. The number of aryl methyl sites for hydroxylation is 1. The highest BCUT2D eigenvalue weighted by atomic mass is 32.2. The maximum atomic E-state index is 13.2. The molecule has 2 aliphatic rings. The Morgan fingerprint density at radius 2 is 1.63 bits per heavy atom. The van der Waals surface area contributed by atoms with E-state index in [0.717, 1.165) is 17.5 Å². The van der Waals surface area contributed by atoms with E-state index in [0.29, 0.717) is 13.1 Å². The molecule has 4 rings (SSSR count). The van der Waals surface area contributed by atoms with Gasteiger partial charge in [-0.05, 0) is 36.6 Å². The normalized spacial score (nSPS) is 25.2. The van der Waals surface area contributed by atoms with Gasteiger partial charge in [-0.2, -0.15) is 0 Å². The Morgan fingerprint density at radius 1 is 0.963 bits per heavy atom. The van der Waals surface area contributed by atoms with Crippen LogP contribution >= 0.6 is 0 Å². The van der Waals surface area contributed by atoms with Crippen LogP contribution in [0.15, 0.2) is 53.4 Å². The first-order valence-corrected chi connectivity index (χ1v) is 12.4. The first-order chi connectivity index (χ1) is 12.8. The molecule has 0 bridgehead atoms. The minimum Gasteiger partial charge on any atom is -0.293 e. The molecule has 2 unspecified atom stereocenters. The van der Waals surface area contributed by atoms with Gasteiger partial charge in [-0.3, -0.25) is 4.90 Å². The Bertz CT molecular complexity index is 1060. The molecular weight excluding hydrogens is 382 g/mol. The third-order valence-corrected chi connectivity index (χ3v) is 9.78. The summed E-state index contributed by atoms with van der Waals surface area (Å²) in [5.41, 5.74) is 3.38. The second kappa shape index (κ2) is 6.72. The molecule has 2 atom stereocenters. The van der Waals surface area contributed by atoms with E-state index in [1.54, 1.807) is 24.3 Å². The van der Waals surface area contributed by atoms with Crippen LogP contribution in [0.4, 0.5) is 0 Å². The topological polar surface area (TPSA) is 71.5 Å². The average Bonchev–Trinajstić information content (AvgIpc) is 2.98. The van der Waals surface area contributed by atoms with E-state index in [1.165, 1.54) is 5.56 Å². The van der Waals surface area contributed by atoms with Crippen LogP contribution in [0.5, 0.6) is 0 Å². The van der Waals surface area contributed by atoms with Gasteiger partial charge in [0.05, 0.1) is 21.7 Å². The predicted octanol–water partition coefficient (Wildman–Crippen LogP) is 1.99. The molecule has 5 nitrogen and oxygen atoms in total. The lowest BCUT2D eigenvalue weighted by atomic mass is 9.98. The van der Waals surface area contributed by atoms with Crippen LogP contribution in [0, 0.1) is 6.92 Å². The van der Waals surface area contributed by atoms with Crippen LogP contribution in [-0.4, -0.2) is 51.1 Å². The zero-order valence-corrected chi connectivity index (χ0v) is 16.8. The van der Waals surface area contributed by atoms with Gasteiger partial charge in [-0.1, -0.05) is 42.0 Å². The van der Waals surface area contributed by atoms with Crippen molar-refractivity contribution in [2.24, 2.45) is 0 Å². The highest BCUT2D eigenvalue weighted by Crippen LogP contribution is 2.32. The summed E-state index contributed by atoms with van der Waals surface area (Å²) in [6.45, 7) is 3.16. The molecule has 1 saturated heterocycles. The van der Waals surface area contributed by atoms with E-state index >= 15 is 0 Å². The standard InChI is InChI=1S/C20H23NO4S2/c1-15-6-8-18(9-7-15)27(24,25)20-14-26(22,23)13-19(20)21-11-10-16-4-2-3-5-17(16)12-21/h2-9,19-20H,10-14H2,1H3. The number of hydrogen-bond acceptors (Lipinski definition) is 5. The molecule has 0 radical (unpaired) electrons. The number of benzene rings is 2. The number of hydrogen-bond donors (Lipinski definition) is 0. The van der Waals surface area contributed by atoms with Crippen LogP contribution in [-0.2, 0) is 32.6 Å². The Balaban J connectivity index is 1.68. The molecule has 0 amide bonds. The summed E-state index contributed by atoms with van der Waals surface area (Å²) in [6, 6.07) is 14.2. The van der Waals surface area contributed by atoms with Crippen molar-refractivity contribution in [3.8, 4) is 0 Å². The van der Waals surface area contributed by atoms with Crippen molar-refractivity contribution in [2.45, 2.75) is 36.1 Å². The largest absolute Gasteiger partial charge is 0.293 e. The summed E-state index contributed by atoms with van der Waals surface area (Å²) in [7, 11) is -7.11. The Morgan fingerprint density at radius 3 is 2.33 bits per heavy atom. The summed E-state index contributed by atoms with van der Waals surface area (Å²) >= 11 is 0. The number of rotatable bonds is 3. The van der Waals surface area contributed by atoms with Gasteiger partial charge in [0.25, 0.3) is 0 Å². The first-order valence-electron chi connectivity index (χ1n) is 9.08. The van der Waals surface area contributed by atoms with Gasteiger partial charge in [-0.25, -0.2) is 16.8 Å². The summed E-state index contributed by atoms with van der Waals surface area (Å²) in [6.07, 6.45) is 0.810. The lowest BCUT2D eigenvalue weighted by molar-refractivity contribution is 0.195. The molecule has 2 heterocycles. The molecule has 0 aliphatic carbocycles. The van der Waals surface area contributed by atoms with E-state index < -0.39 is 31.0 Å². The number of fused-ring (bicyclic) bond motifs is 1. The second-order valence-corrected chi connectivity index (χ2v) is 11.9. The molecule has 7 heteroatoms. The fourth-order valence-corrected chi connectivity index (χ4v) is 8.97. The van der Waals surface area contributed by atoms with Crippen molar-refractivity contribution >= 4 is 19.7 Å². The molecule has 0 saturated carbocycles. The molecule has 2 aromatic rings. The van der Waals surface area contributed by atoms with E-state index in [4.69, 9.17) is 0 Å². The monoisotopic (exact) mass is 405 g/mol. The Labute approximate surface area is 160 Å².